The van der Waals surface area contributed by atoms with Gasteiger partial charge in [-0.1, -0.05) is 31.0 Å². The molecule has 0 saturated heterocycles. The summed E-state index contributed by atoms with van der Waals surface area (Å²) in [5.41, 5.74) is 4.78. The maximum absolute atomic E-state index is 12.2. The maximum atomic E-state index is 12.2. The van der Waals surface area contributed by atoms with E-state index in [0.717, 1.165) is 12.8 Å². The molecule has 1 fully saturated rings. The van der Waals surface area contributed by atoms with Crippen molar-refractivity contribution in [1.82, 2.24) is 9.88 Å². The highest BCUT2D eigenvalue weighted by atomic mass is 16.1. The molecule has 1 N–H and O–H groups in total. The highest BCUT2D eigenvalue weighted by Crippen LogP contribution is 2.25. The summed E-state index contributed by atoms with van der Waals surface area (Å²) in [6.45, 7) is 4.86. The van der Waals surface area contributed by atoms with Gasteiger partial charge in [-0.15, -0.1) is 0 Å². The molecule has 0 spiro atoms. The second-order valence-electron chi connectivity index (χ2n) is 6.27. The summed E-state index contributed by atoms with van der Waals surface area (Å²) in [6, 6.07) is 12.5. The number of aryl methyl sites for hydroxylation is 1. The Balaban J connectivity index is 1.74. The predicted molar refractivity (Wildman–Crippen MR) is 89.0 cm³/mol. The van der Waals surface area contributed by atoms with Crippen LogP contribution < -0.4 is 5.32 Å². The first kappa shape index (κ1) is 14.9. The molecule has 1 saturated carbocycles. The molecule has 116 valence electrons. The molecule has 1 aliphatic carbocycles. The molecule has 1 amide bonds. The largest absolute Gasteiger partial charge is 0.352 e. The van der Waals surface area contributed by atoms with Gasteiger partial charge < -0.3 is 9.88 Å². The number of para-hydroxylation sites is 1. The Bertz CT molecular complexity index is 652. The van der Waals surface area contributed by atoms with Gasteiger partial charge in [-0.3, -0.25) is 4.79 Å². The van der Waals surface area contributed by atoms with E-state index in [4.69, 9.17) is 0 Å². The van der Waals surface area contributed by atoms with Gasteiger partial charge in [-0.25, -0.2) is 0 Å². The van der Waals surface area contributed by atoms with Crippen molar-refractivity contribution in [2.75, 3.05) is 0 Å². The van der Waals surface area contributed by atoms with Crippen LogP contribution in [0, 0.1) is 19.8 Å². The third kappa shape index (κ3) is 2.94. The zero-order chi connectivity index (χ0) is 15.5. The molecular weight excluding hydrogens is 272 g/mol. The fourth-order valence-electron chi connectivity index (χ4n) is 3.50. The summed E-state index contributed by atoms with van der Waals surface area (Å²) < 4.78 is 2.25. The number of carbonyl (C=O) groups is 1. The van der Waals surface area contributed by atoms with Crippen molar-refractivity contribution in [1.29, 1.82) is 0 Å². The SMILES string of the molecule is Cc1cc(CNC(=O)C2CCCC2)c(C)n1-c1ccccc1. The van der Waals surface area contributed by atoms with E-state index >= 15 is 0 Å². The number of benzene rings is 1. The van der Waals surface area contributed by atoms with E-state index in [0.29, 0.717) is 6.54 Å². The molecular formula is C19H24N2O. The molecule has 3 nitrogen and oxygen atoms in total. The summed E-state index contributed by atoms with van der Waals surface area (Å²) in [5.74, 6) is 0.458. The molecule has 0 aliphatic heterocycles. The quantitative estimate of drug-likeness (QED) is 0.912. The average molecular weight is 296 g/mol. The summed E-state index contributed by atoms with van der Waals surface area (Å²) in [6.07, 6.45) is 4.49. The molecule has 3 heteroatoms. The lowest BCUT2D eigenvalue weighted by Gasteiger charge is -2.12. The van der Waals surface area contributed by atoms with Crippen molar-refractivity contribution >= 4 is 5.91 Å². The van der Waals surface area contributed by atoms with Crippen LogP contribution in [0.2, 0.25) is 0 Å². The van der Waals surface area contributed by atoms with Crippen molar-refractivity contribution in [3.8, 4) is 5.69 Å². The van der Waals surface area contributed by atoms with Gasteiger partial charge in [-0.05, 0) is 50.5 Å². The van der Waals surface area contributed by atoms with Crippen molar-refractivity contribution in [3.05, 3.63) is 53.3 Å². The van der Waals surface area contributed by atoms with Gasteiger partial charge in [0.15, 0.2) is 0 Å². The molecule has 22 heavy (non-hydrogen) atoms. The number of rotatable bonds is 4. The number of hydrogen-bond acceptors (Lipinski definition) is 1. The van der Waals surface area contributed by atoms with E-state index in [-0.39, 0.29) is 11.8 Å². The Labute approximate surface area is 132 Å². The molecule has 0 bridgehead atoms. The third-order valence-corrected chi connectivity index (χ3v) is 4.73. The van der Waals surface area contributed by atoms with Crippen LogP contribution >= 0.6 is 0 Å². The van der Waals surface area contributed by atoms with Gasteiger partial charge in [0.05, 0.1) is 0 Å². The fraction of sp³-hybridized carbons (Fsp3) is 0.421. The van der Waals surface area contributed by atoms with Crippen molar-refractivity contribution in [3.63, 3.8) is 0 Å². The van der Waals surface area contributed by atoms with Crippen LogP contribution in [0.3, 0.4) is 0 Å². The van der Waals surface area contributed by atoms with Crippen LogP contribution in [0.5, 0.6) is 0 Å². The molecule has 2 aromatic rings. The smallest absolute Gasteiger partial charge is 0.223 e. The Morgan fingerprint density at radius 1 is 1.18 bits per heavy atom. The number of hydrogen-bond donors (Lipinski definition) is 1. The maximum Gasteiger partial charge on any atom is 0.223 e. The Kier molecular flexibility index (Phi) is 4.32. The summed E-state index contributed by atoms with van der Waals surface area (Å²) in [5, 5.41) is 3.12. The minimum absolute atomic E-state index is 0.224. The Morgan fingerprint density at radius 3 is 2.55 bits per heavy atom. The number of aromatic nitrogens is 1. The normalized spacial score (nSPS) is 15.2. The van der Waals surface area contributed by atoms with Crippen LogP contribution in [0.4, 0.5) is 0 Å². The molecule has 1 heterocycles. The van der Waals surface area contributed by atoms with Gasteiger partial charge >= 0.3 is 0 Å². The Hall–Kier alpha value is -2.03. The first-order valence-corrected chi connectivity index (χ1v) is 8.18. The van der Waals surface area contributed by atoms with Gasteiger partial charge in [-0.2, -0.15) is 0 Å². The van der Waals surface area contributed by atoms with Gasteiger partial charge in [0.2, 0.25) is 5.91 Å². The molecule has 0 atom stereocenters. The molecule has 3 rings (SSSR count). The van der Waals surface area contributed by atoms with Gasteiger partial charge in [0.1, 0.15) is 0 Å². The summed E-state index contributed by atoms with van der Waals surface area (Å²) >= 11 is 0. The van der Waals surface area contributed by atoms with E-state index in [1.165, 1.54) is 35.5 Å². The van der Waals surface area contributed by atoms with E-state index in [1.807, 2.05) is 6.07 Å². The topological polar surface area (TPSA) is 34.0 Å². The first-order valence-electron chi connectivity index (χ1n) is 8.18. The molecule has 1 aromatic heterocycles. The number of amides is 1. The average Bonchev–Trinajstić information content (AvgIpc) is 3.15. The van der Waals surface area contributed by atoms with E-state index in [1.54, 1.807) is 0 Å². The standard InChI is InChI=1S/C19H24N2O/c1-14-12-17(13-20-19(22)16-8-6-7-9-16)15(2)21(14)18-10-4-3-5-11-18/h3-5,10-12,16H,6-9,13H2,1-2H3,(H,20,22). The lowest BCUT2D eigenvalue weighted by molar-refractivity contribution is -0.124. The van der Waals surface area contributed by atoms with E-state index < -0.39 is 0 Å². The predicted octanol–water partition coefficient (Wildman–Crippen LogP) is 3.90. The number of nitrogens with one attached hydrogen (secondary N) is 1. The minimum Gasteiger partial charge on any atom is -0.352 e. The van der Waals surface area contributed by atoms with Crippen molar-refractivity contribution in [2.24, 2.45) is 5.92 Å². The van der Waals surface area contributed by atoms with Gasteiger partial charge in [0, 0.05) is 29.5 Å². The first-order chi connectivity index (χ1) is 10.7. The number of carbonyl (C=O) groups excluding carboxylic acids is 1. The van der Waals surface area contributed by atoms with E-state index in [9.17, 15) is 4.79 Å². The van der Waals surface area contributed by atoms with Crippen LogP contribution in [0.1, 0.15) is 42.6 Å². The fourth-order valence-corrected chi connectivity index (χ4v) is 3.50. The second-order valence-corrected chi connectivity index (χ2v) is 6.27. The highest BCUT2D eigenvalue weighted by molar-refractivity contribution is 5.78. The summed E-state index contributed by atoms with van der Waals surface area (Å²) in [7, 11) is 0. The molecule has 0 radical (unpaired) electrons. The highest BCUT2D eigenvalue weighted by Gasteiger charge is 2.22. The van der Waals surface area contributed by atoms with Crippen molar-refractivity contribution in [2.45, 2.75) is 46.1 Å². The lowest BCUT2D eigenvalue weighted by Crippen LogP contribution is -2.28. The lowest BCUT2D eigenvalue weighted by atomic mass is 10.1. The zero-order valence-electron chi connectivity index (χ0n) is 13.4. The van der Waals surface area contributed by atoms with Crippen molar-refractivity contribution < 1.29 is 4.79 Å². The monoisotopic (exact) mass is 296 g/mol. The summed E-state index contributed by atoms with van der Waals surface area (Å²) in [4.78, 5) is 12.2. The molecule has 0 unspecified atom stereocenters. The molecule has 1 aliphatic rings. The number of nitrogens with zero attached hydrogens (tertiary/aromatic N) is 1. The molecule has 1 aromatic carbocycles. The van der Waals surface area contributed by atoms with Crippen LogP contribution in [-0.2, 0) is 11.3 Å². The minimum atomic E-state index is 0.224. The van der Waals surface area contributed by atoms with E-state index in [2.05, 4.69) is 54.1 Å². The van der Waals surface area contributed by atoms with Crippen LogP contribution in [0.15, 0.2) is 36.4 Å². The van der Waals surface area contributed by atoms with Gasteiger partial charge in [0.25, 0.3) is 0 Å². The van der Waals surface area contributed by atoms with Crippen LogP contribution in [0.25, 0.3) is 5.69 Å². The Morgan fingerprint density at radius 2 is 1.86 bits per heavy atom. The van der Waals surface area contributed by atoms with Crippen LogP contribution in [-0.4, -0.2) is 10.5 Å². The third-order valence-electron chi connectivity index (χ3n) is 4.73. The zero-order valence-corrected chi connectivity index (χ0v) is 13.4. The second kappa shape index (κ2) is 6.39.